The zero-order valence-corrected chi connectivity index (χ0v) is 21.6. The molecule has 3 aromatic carbocycles. The van der Waals surface area contributed by atoms with Gasteiger partial charge in [-0.2, -0.15) is 0 Å². The Balaban J connectivity index is 2.00. The Hall–Kier alpha value is -3.14. The van der Waals surface area contributed by atoms with E-state index >= 15 is 0 Å². The van der Waals surface area contributed by atoms with Crippen molar-refractivity contribution in [2.45, 2.75) is 11.8 Å². The van der Waals surface area contributed by atoms with Gasteiger partial charge in [0.2, 0.25) is 5.91 Å². The minimum Gasteiger partial charge on any atom is -0.494 e. The summed E-state index contributed by atoms with van der Waals surface area (Å²) in [5.74, 6) is 0.546. The number of benzene rings is 3. The van der Waals surface area contributed by atoms with E-state index in [0.29, 0.717) is 18.1 Å². The average Bonchev–Trinajstić information content (AvgIpc) is 2.85. The Morgan fingerprint density at radius 1 is 0.971 bits per heavy atom. The van der Waals surface area contributed by atoms with Crippen LogP contribution in [-0.2, 0) is 14.8 Å². The van der Waals surface area contributed by atoms with Crippen LogP contribution in [0.1, 0.15) is 6.92 Å². The highest BCUT2D eigenvalue weighted by atomic mass is 35.5. The number of anilines is 2. The zero-order valence-electron chi connectivity index (χ0n) is 19.2. The van der Waals surface area contributed by atoms with Crippen molar-refractivity contribution >= 4 is 50.5 Å². The van der Waals surface area contributed by atoms with Gasteiger partial charge in [-0.3, -0.25) is 9.10 Å². The molecule has 0 heterocycles. The van der Waals surface area contributed by atoms with Gasteiger partial charge in [-0.15, -0.1) is 0 Å². The van der Waals surface area contributed by atoms with Crippen LogP contribution < -0.4 is 23.8 Å². The number of hydrogen-bond donors (Lipinski definition) is 1. The summed E-state index contributed by atoms with van der Waals surface area (Å²) in [6.07, 6.45) is 0. The summed E-state index contributed by atoms with van der Waals surface area (Å²) in [4.78, 5) is 12.9. The van der Waals surface area contributed by atoms with Gasteiger partial charge in [0.1, 0.15) is 12.3 Å². The minimum absolute atomic E-state index is 0.0855. The van der Waals surface area contributed by atoms with E-state index in [1.54, 1.807) is 42.5 Å². The van der Waals surface area contributed by atoms with E-state index < -0.39 is 22.5 Å². The fraction of sp³-hybridized carbons (Fsp3) is 0.208. The SMILES string of the molecule is CCOc1ccc(N(CC(=O)Nc2cccc(Cl)c2Cl)S(=O)(=O)c2ccc(OC)c(OC)c2)cc1. The maximum atomic E-state index is 13.7. The molecule has 186 valence electrons. The molecule has 3 rings (SSSR count). The molecular formula is C24H24Cl2N2O6S. The van der Waals surface area contributed by atoms with Crippen molar-refractivity contribution in [3.05, 3.63) is 70.7 Å². The van der Waals surface area contributed by atoms with Crippen LogP contribution >= 0.6 is 23.2 Å². The molecular weight excluding hydrogens is 515 g/mol. The van der Waals surface area contributed by atoms with Gasteiger partial charge in [0, 0.05) is 6.07 Å². The van der Waals surface area contributed by atoms with Gasteiger partial charge in [0.25, 0.3) is 10.0 Å². The number of rotatable bonds is 10. The highest BCUT2D eigenvalue weighted by Gasteiger charge is 2.29. The second-order valence-corrected chi connectivity index (χ2v) is 9.75. The summed E-state index contributed by atoms with van der Waals surface area (Å²) >= 11 is 12.2. The first-order valence-corrected chi connectivity index (χ1v) is 12.6. The predicted octanol–water partition coefficient (Wildman–Crippen LogP) is 5.24. The number of sulfonamides is 1. The summed E-state index contributed by atoms with van der Waals surface area (Å²) in [7, 11) is -1.35. The van der Waals surface area contributed by atoms with Crippen LogP contribution in [-0.4, -0.2) is 41.7 Å². The average molecular weight is 539 g/mol. The molecule has 0 aromatic heterocycles. The fourth-order valence-electron chi connectivity index (χ4n) is 3.22. The molecule has 0 aliphatic heterocycles. The summed E-state index contributed by atoms with van der Waals surface area (Å²) in [5, 5.41) is 3.02. The van der Waals surface area contributed by atoms with Gasteiger partial charge < -0.3 is 19.5 Å². The van der Waals surface area contributed by atoms with E-state index in [4.69, 9.17) is 37.4 Å². The molecule has 3 aromatic rings. The van der Waals surface area contributed by atoms with Crippen LogP contribution in [0, 0.1) is 0 Å². The van der Waals surface area contributed by atoms with Crippen molar-refractivity contribution in [2.75, 3.05) is 37.0 Å². The molecule has 11 heteroatoms. The van der Waals surface area contributed by atoms with Crippen LogP contribution in [0.5, 0.6) is 17.2 Å². The maximum absolute atomic E-state index is 13.7. The lowest BCUT2D eigenvalue weighted by Gasteiger charge is -2.25. The molecule has 35 heavy (non-hydrogen) atoms. The van der Waals surface area contributed by atoms with Crippen LogP contribution in [0.2, 0.25) is 10.0 Å². The normalized spacial score (nSPS) is 11.0. The van der Waals surface area contributed by atoms with Crippen molar-refractivity contribution in [2.24, 2.45) is 0 Å². The minimum atomic E-state index is -4.21. The monoisotopic (exact) mass is 538 g/mol. The molecule has 0 aliphatic carbocycles. The Morgan fingerprint density at radius 2 is 1.66 bits per heavy atom. The number of hydrogen-bond acceptors (Lipinski definition) is 6. The Morgan fingerprint density at radius 3 is 2.29 bits per heavy atom. The molecule has 0 saturated carbocycles. The second kappa shape index (κ2) is 11.5. The van der Waals surface area contributed by atoms with Crippen LogP contribution in [0.15, 0.2) is 65.6 Å². The number of nitrogens with one attached hydrogen (secondary N) is 1. The number of halogens is 2. The number of amides is 1. The fourth-order valence-corrected chi connectivity index (χ4v) is 5.00. The van der Waals surface area contributed by atoms with Crippen molar-refractivity contribution in [1.29, 1.82) is 0 Å². The van der Waals surface area contributed by atoms with Crippen LogP contribution in [0.25, 0.3) is 0 Å². The van der Waals surface area contributed by atoms with Gasteiger partial charge in [-0.25, -0.2) is 8.42 Å². The van der Waals surface area contributed by atoms with E-state index in [1.165, 1.54) is 32.4 Å². The molecule has 0 aliphatic rings. The lowest BCUT2D eigenvalue weighted by Crippen LogP contribution is -2.38. The number of nitrogens with zero attached hydrogens (tertiary/aromatic N) is 1. The van der Waals surface area contributed by atoms with E-state index in [-0.39, 0.29) is 32.1 Å². The van der Waals surface area contributed by atoms with Crippen LogP contribution in [0.4, 0.5) is 11.4 Å². The van der Waals surface area contributed by atoms with Gasteiger partial charge in [0.05, 0.1) is 47.1 Å². The Labute approximate surface area is 214 Å². The molecule has 1 N–H and O–H groups in total. The van der Waals surface area contributed by atoms with Gasteiger partial charge in [0.15, 0.2) is 11.5 Å². The number of ether oxygens (including phenoxy) is 3. The topological polar surface area (TPSA) is 94.2 Å². The van der Waals surface area contributed by atoms with Gasteiger partial charge in [-0.05, 0) is 55.5 Å². The lowest BCUT2D eigenvalue weighted by atomic mass is 10.3. The lowest BCUT2D eigenvalue weighted by molar-refractivity contribution is -0.114. The first-order valence-electron chi connectivity index (χ1n) is 10.4. The number of methoxy groups -OCH3 is 2. The molecule has 1 amide bonds. The summed E-state index contributed by atoms with van der Waals surface area (Å²) in [6.45, 7) is 1.76. The van der Waals surface area contributed by atoms with E-state index in [0.717, 1.165) is 4.31 Å². The number of carbonyl (C=O) groups excluding carboxylic acids is 1. The Bertz CT molecular complexity index is 1300. The summed E-state index contributed by atoms with van der Waals surface area (Å²) in [6, 6.07) is 15.3. The highest BCUT2D eigenvalue weighted by Crippen LogP contribution is 2.33. The summed E-state index contributed by atoms with van der Waals surface area (Å²) < 4.78 is 44.3. The van der Waals surface area contributed by atoms with E-state index in [2.05, 4.69) is 5.32 Å². The smallest absolute Gasteiger partial charge is 0.264 e. The Kier molecular flexibility index (Phi) is 8.71. The van der Waals surface area contributed by atoms with Crippen molar-refractivity contribution in [1.82, 2.24) is 0 Å². The first-order chi connectivity index (χ1) is 16.7. The van der Waals surface area contributed by atoms with Crippen molar-refractivity contribution in [3.63, 3.8) is 0 Å². The van der Waals surface area contributed by atoms with Crippen molar-refractivity contribution in [3.8, 4) is 17.2 Å². The van der Waals surface area contributed by atoms with Gasteiger partial charge in [-0.1, -0.05) is 29.3 Å². The number of carbonyl (C=O) groups is 1. The second-order valence-electron chi connectivity index (χ2n) is 7.10. The molecule has 0 radical (unpaired) electrons. The maximum Gasteiger partial charge on any atom is 0.264 e. The largest absolute Gasteiger partial charge is 0.494 e. The van der Waals surface area contributed by atoms with Crippen molar-refractivity contribution < 1.29 is 27.4 Å². The molecule has 8 nitrogen and oxygen atoms in total. The molecule has 0 saturated heterocycles. The first kappa shape index (κ1) is 26.5. The third kappa shape index (κ3) is 6.11. The predicted molar refractivity (Wildman–Crippen MR) is 137 cm³/mol. The molecule has 0 atom stereocenters. The molecule has 0 bridgehead atoms. The standard InChI is InChI=1S/C24H24Cl2N2O6S/c1-4-34-17-10-8-16(9-11-17)28(15-23(29)27-20-7-5-6-19(25)24(20)26)35(30,31)18-12-13-21(32-2)22(14-18)33-3/h5-14H,4,15H2,1-3H3,(H,27,29). The van der Waals surface area contributed by atoms with Gasteiger partial charge >= 0.3 is 0 Å². The molecule has 0 fully saturated rings. The molecule has 0 unspecified atom stereocenters. The summed E-state index contributed by atoms with van der Waals surface area (Å²) in [5.41, 5.74) is 0.523. The highest BCUT2D eigenvalue weighted by molar-refractivity contribution is 7.92. The van der Waals surface area contributed by atoms with E-state index in [1.807, 2.05) is 6.92 Å². The van der Waals surface area contributed by atoms with Crippen LogP contribution in [0.3, 0.4) is 0 Å². The zero-order chi connectivity index (χ0) is 25.6. The molecule has 0 spiro atoms. The third-order valence-corrected chi connectivity index (χ3v) is 7.48. The quantitative estimate of drug-likeness (QED) is 0.379. The van der Waals surface area contributed by atoms with E-state index in [9.17, 15) is 13.2 Å². The third-order valence-electron chi connectivity index (χ3n) is 4.89.